The van der Waals surface area contributed by atoms with E-state index in [-0.39, 0.29) is 11.7 Å². The highest BCUT2D eigenvalue weighted by Crippen LogP contribution is 2.43. The van der Waals surface area contributed by atoms with Gasteiger partial charge < -0.3 is 0 Å². The second-order valence-corrected chi connectivity index (χ2v) is 3.92. The topological polar surface area (TPSA) is 55.1 Å². The third-order valence-electron chi connectivity index (χ3n) is 3.17. The van der Waals surface area contributed by atoms with Gasteiger partial charge in [-0.25, -0.2) is 10.2 Å². The molecule has 1 aliphatic carbocycles. The van der Waals surface area contributed by atoms with Crippen LogP contribution in [-0.2, 0) is 10.2 Å². The third kappa shape index (κ3) is 1.51. The fourth-order valence-corrected chi connectivity index (χ4v) is 2.08. The second kappa shape index (κ2) is 3.62. The molecule has 1 aromatic carbocycles. The fourth-order valence-electron chi connectivity index (χ4n) is 2.08. The van der Waals surface area contributed by atoms with Crippen molar-refractivity contribution < 1.29 is 9.18 Å². The third-order valence-corrected chi connectivity index (χ3v) is 3.17. The summed E-state index contributed by atoms with van der Waals surface area (Å²) in [5.41, 5.74) is 2.51. The van der Waals surface area contributed by atoms with Gasteiger partial charge in [0.1, 0.15) is 5.82 Å². The van der Waals surface area contributed by atoms with Crippen molar-refractivity contribution in [3.05, 3.63) is 35.6 Å². The summed E-state index contributed by atoms with van der Waals surface area (Å²) >= 11 is 0. The van der Waals surface area contributed by atoms with Crippen molar-refractivity contribution in [2.24, 2.45) is 5.84 Å². The Bertz CT molecular complexity index is 371. The predicted octanol–water partition coefficient (Wildman–Crippen LogP) is 1.24. The van der Waals surface area contributed by atoms with Gasteiger partial charge in [0.15, 0.2) is 0 Å². The zero-order valence-electron chi connectivity index (χ0n) is 8.29. The van der Waals surface area contributed by atoms with Crippen molar-refractivity contribution in [1.82, 2.24) is 5.43 Å². The average molecular weight is 208 g/mol. The van der Waals surface area contributed by atoms with Crippen molar-refractivity contribution >= 4 is 5.91 Å². The second-order valence-electron chi connectivity index (χ2n) is 3.92. The number of hydrazine groups is 1. The highest BCUT2D eigenvalue weighted by molar-refractivity contribution is 5.88. The Morgan fingerprint density at radius 2 is 1.93 bits per heavy atom. The lowest BCUT2D eigenvalue weighted by atomic mass is 9.64. The number of amides is 1. The molecule has 1 fully saturated rings. The largest absolute Gasteiger partial charge is 0.293 e. The summed E-state index contributed by atoms with van der Waals surface area (Å²) in [6.45, 7) is 0. The van der Waals surface area contributed by atoms with E-state index >= 15 is 0 Å². The van der Waals surface area contributed by atoms with Gasteiger partial charge in [-0.3, -0.25) is 10.2 Å². The van der Waals surface area contributed by atoms with Crippen LogP contribution in [0.5, 0.6) is 0 Å². The Hall–Kier alpha value is -1.42. The number of carbonyl (C=O) groups is 1. The van der Waals surface area contributed by atoms with Crippen molar-refractivity contribution in [1.29, 1.82) is 0 Å². The van der Waals surface area contributed by atoms with Gasteiger partial charge in [0, 0.05) is 0 Å². The lowest BCUT2D eigenvalue weighted by Crippen LogP contribution is -2.51. The van der Waals surface area contributed by atoms with E-state index in [1.807, 2.05) is 0 Å². The van der Waals surface area contributed by atoms with Crippen LogP contribution in [0.15, 0.2) is 24.3 Å². The summed E-state index contributed by atoms with van der Waals surface area (Å²) in [5, 5.41) is 0. The molecule has 15 heavy (non-hydrogen) atoms. The molecule has 3 nitrogen and oxygen atoms in total. The summed E-state index contributed by atoms with van der Waals surface area (Å²) in [6.07, 6.45) is 2.56. The summed E-state index contributed by atoms with van der Waals surface area (Å²) in [5.74, 6) is 4.69. The van der Waals surface area contributed by atoms with Gasteiger partial charge in [0.2, 0.25) is 5.91 Å². The van der Waals surface area contributed by atoms with E-state index in [0.29, 0.717) is 0 Å². The highest BCUT2D eigenvalue weighted by Gasteiger charge is 2.45. The van der Waals surface area contributed by atoms with Gasteiger partial charge in [0.25, 0.3) is 0 Å². The molecule has 4 heteroatoms. The molecule has 1 aromatic rings. The summed E-state index contributed by atoms with van der Waals surface area (Å²) < 4.78 is 12.8. The van der Waals surface area contributed by atoms with Crippen molar-refractivity contribution in [3.63, 3.8) is 0 Å². The molecule has 0 spiro atoms. The van der Waals surface area contributed by atoms with Crippen LogP contribution in [0.4, 0.5) is 4.39 Å². The van der Waals surface area contributed by atoms with E-state index < -0.39 is 5.41 Å². The molecule has 0 saturated heterocycles. The van der Waals surface area contributed by atoms with Gasteiger partial charge in [-0.1, -0.05) is 18.6 Å². The molecule has 0 unspecified atom stereocenters. The van der Waals surface area contributed by atoms with Crippen LogP contribution in [-0.4, -0.2) is 5.91 Å². The van der Waals surface area contributed by atoms with E-state index in [2.05, 4.69) is 5.43 Å². The minimum atomic E-state index is -0.525. The van der Waals surface area contributed by atoms with Gasteiger partial charge in [-0.2, -0.15) is 0 Å². The zero-order chi connectivity index (χ0) is 10.9. The maximum atomic E-state index is 12.8. The lowest BCUT2D eigenvalue weighted by Gasteiger charge is -2.40. The van der Waals surface area contributed by atoms with Gasteiger partial charge >= 0.3 is 0 Å². The number of benzene rings is 1. The lowest BCUT2D eigenvalue weighted by molar-refractivity contribution is -0.130. The zero-order valence-corrected chi connectivity index (χ0v) is 8.29. The first-order valence-electron chi connectivity index (χ1n) is 4.96. The smallest absolute Gasteiger partial charge is 0.244 e. The van der Waals surface area contributed by atoms with Crippen LogP contribution in [0.2, 0.25) is 0 Å². The Morgan fingerprint density at radius 1 is 1.33 bits per heavy atom. The van der Waals surface area contributed by atoms with Gasteiger partial charge in [-0.05, 0) is 30.5 Å². The molecule has 0 radical (unpaired) electrons. The molecule has 80 valence electrons. The predicted molar refractivity (Wildman–Crippen MR) is 54.3 cm³/mol. The van der Waals surface area contributed by atoms with Crippen molar-refractivity contribution in [3.8, 4) is 0 Å². The number of hydrogen-bond donors (Lipinski definition) is 2. The number of rotatable bonds is 2. The maximum Gasteiger partial charge on any atom is 0.244 e. The SMILES string of the molecule is NNC(=O)C1(c2ccc(F)cc2)CCC1. The number of carbonyl (C=O) groups excluding carboxylic acids is 1. The Kier molecular flexibility index (Phi) is 2.44. The normalized spacial score (nSPS) is 18.0. The molecular weight excluding hydrogens is 195 g/mol. The minimum Gasteiger partial charge on any atom is -0.293 e. The monoisotopic (exact) mass is 208 g/mol. The van der Waals surface area contributed by atoms with E-state index in [4.69, 9.17) is 5.84 Å². The maximum absolute atomic E-state index is 12.8. The first kappa shape index (κ1) is 10.1. The average Bonchev–Trinajstić information content (AvgIpc) is 2.19. The molecule has 0 aliphatic heterocycles. The molecule has 0 aromatic heterocycles. The van der Waals surface area contributed by atoms with E-state index in [9.17, 15) is 9.18 Å². The highest BCUT2D eigenvalue weighted by atomic mass is 19.1. The number of nitrogens with two attached hydrogens (primary N) is 1. The minimum absolute atomic E-state index is 0.180. The molecule has 0 bridgehead atoms. The first-order chi connectivity index (χ1) is 7.19. The van der Waals surface area contributed by atoms with Gasteiger partial charge in [0.05, 0.1) is 5.41 Å². The molecule has 1 saturated carbocycles. The van der Waals surface area contributed by atoms with Crippen LogP contribution in [0.3, 0.4) is 0 Å². The van der Waals surface area contributed by atoms with Gasteiger partial charge in [-0.15, -0.1) is 0 Å². The number of halogens is 1. The molecule has 3 N–H and O–H groups in total. The van der Waals surface area contributed by atoms with Crippen LogP contribution in [0, 0.1) is 5.82 Å². The molecule has 1 aliphatic rings. The molecule has 2 rings (SSSR count). The number of nitrogens with one attached hydrogen (secondary N) is 1. The number of hydrogen-bond acceptors (Lipinski definition) is 2. The van der Waals surface area contributed by atoms with Crippen LogP contribution >= 0.6 is 0 Å². The Balaban J connectivity index is 2.34. The van der Waals surface area contributed by atoms with Crippen molar-refractivity contribution in [2.45, 2.75) is 24.7 Å². The standard InChI is InChI=1S/C11H13FN2O/c12-9-4-2-8(3-5-9)11(6-1-7-11)10(15)14-13/h2-5H,1,6-7,13H2,(H,14,15). The summed E-state index contributed by atoms with van der Waals surface area (Å²) in [6, 6.07) is 6.06. The fraction of sp³-hybridized carbons (Fsp3) is 0.364. The molecule has 0 atom stereocenters. The molecule has 1 amide bonds. The Labute approximate surface area is 87.4 Å². The van der Waals surface area contributed by atoms with E-state index in [1.165, 1.54) is 12.1 Å². The van der Waals surface area contributed by atoms with E-state index in [0.717, 1.165) is 24.8 Å². The summed E-state index contributed by atoms with van der Waals surface area (Å²) in [4.78, 5) is 11.7. The van der Waals surface area contributed by atoms with Crippen LogP contribution < -0.4 is 11.3 Å². The molecule has 0 heterocycles. The summed E-state index contributed by atoms with van der Waals surface area (Å²) in [7, 11) is 0. The Morgan fingerprint density at radius 3 is 2.33 bits per heavy atom. The molecular formula is C11H13FN2O. The van der Waals surface area contributed by atoms with Crippen LogP contribution in [0.1, 0.15) is 24.8 Å². The van der Waals surface area contributed by atoms with Crippen molar-refractivity contribution in [2.75, 3.05) is 0 Å². The van der Waals surface area contributed by atoms with Crippen LogP contribution in [0.25, 0.3) is 0 Å². The van der Waals surface area contributed by atoms with E-state index in [1.54, 1.807) is 12.1 Å². The quantitative estimate of drug-likeness (QED) is 0.436. The first-order valence-corrected chi connectivity index (χ1v) is 4.96.